The molecule has 0 bridgehead atoms. The van der Waals surface area contributed by atoms with E-state index >= 15 is 0 Å². The molecule has 1 aromatic rings. The molecule has 1 amide bonds. The van der Waals surface area contributed by atoms with Crippen LogP contribution in [-0.2, 0) is 11.2 Å². The van der Waals surface area contributed by atoms with Crippen LogP contribution in [0.5, 0.6) is 0 Å². The van der Waals surface area contributed by atoms with Crippen LogP contribution in [0.2, 0.25) is 0 Å². The van der Waals surface area contributed by atoms with Crippen molar-refractivity contribution in [2.24, 2.45) is 5.84 Å². The lowest BCUT2D eigenvalue weighted by Gasteiger charge is -2.03. The number of amides is 1. The van der Waals surface area contributed by atoms with Gasteiger partial charge in [-0.2, -0.15) is 0 Å². The normalized spacial score (nSPS) is 9.77. The van der Waals surface area contributed by atoms with E-state index in [-0.39, 0.29) is 5.91 Å². The first-order valence-corrected chi connectivity index (χ1v) is 4.19. The summed E-state index contributed by atoms with van der Waals surface area (Å²) in [7, 11) is 0. The van der Waals surface area contributed by atoms with Crippen LogP contribution in [0.25, 0.3) is 0 Å². The van der Waals surface area contributed by atoms with Crippen molar-refractivity contribution in [3.63, 3.8) is 0 Å². The van der Waals surface area contributed by atoms with Gasteiger partial charge in [-0.15, -0.1) is 0 Å². The Morgan fingerprint density at radius 2 is 2.08 bits per heavy atom. The number of benzene rings is 1. The first kappa shape index (κ1) is 9.74. The quantitative estimate of drug-likeness (QED) is 0.400. The summed E-state index contributed by atoms with van der Waals surface area (Å²) >= 11 is 0. The van der Waals surface area contributed by atoms with E-state index in [9.17, 15) is 4.79 Å². The Labute approximate surface area is 77.9 Å². The summed E-state index contributed by atoms with van der Waals surface area (Å²) < 4.78 is 0. The molecule has 3 nitrogen and oxygen atoms in total. The second kappa shape index (κ2) is 4.05. The van der Waals surface area contributed by atoms with Gasteiger partial charge in [-0.1, -0.05) is 18.2 Å². The van der Waals surface area contributed by atoms with Gasteiger partial charge in [0.2, 0.25) is 5.91 Å². The van der Waals surface area contributed by atoms with Gasteiger partial charge in [0.05, 0.1) is 6.42 Å². The van der Waals surface area contributed by atoms with Crippen molar-refractivity contribution in [3.05, 3.63) is 34.9 Å². The fraction of sp³-hybridized carbons (Fsp3) is 0.300. The van der Waals surface area contributed by atoms with Crippen molar-refractivity contribution in [3.8, 4) is 0 Å². The first-order chi connectivity index (χ1) is 6.13. The van der Waals surface area contributed by atoms with Crippen LogP contribution >= 0.6 is 0 Å². The van der Waals surface area contributed by atoms with Gasteiger partial charge in [-0.25, -0.2) is 5.84 Å². The Morgan fingerprint density at radius 3 is 2.62 bits per heavy atom. The lowest BCUT2D eigenvalue weighted by atomic mass is 10.0. The van der Waals surface area contributed by atoms with Crippen molar-refractivity contribution < 1.29 is 4.79 Å². The minimum atomic E-state index is -0.164. The summed E-state index contributed by atoms with van der Waals surface area (Å²) in [6, 6.07) is 5.95. The molecular formula is C10H14N2O. The highest BCUT2D eigenvalue weighted by atomic mass is 16.2. The summed E-state index contributed by atoms with van der Waals surface area (Å²) in [5, 5.41) is 0. The lowest BCUT2D eigenvalue weighted by molar-refractivity contribution is -0.120. The van der Waals surface area contributed by atoms with Gasteiger partial charge in [0, 0.05) is 0 Å². The molecule has 1 aromatic carbocycles. The first-order valence-electron chi connectivity index (χ1n) is 4.19. The molecule has 0 unspecified atom stereocenters. The average molecular weight is 178 g/mol. The smallest absolute Gasteiger partial charge is 0.238 e. The molecular weight excluding hydrogens is 164 g/mol. The molecule has 0 saturated carbocycles. The molecule has 0 aliphatic heterocycles. The molecule has 0 atom stereocenters. The summed E-state index contributed by atoms with van der Waals surface area (Å²) in [6.45, 7) is 4.07. The number of carbonyl (C=O) groups excluding carboxylic acids is 1. The van der Waals surface area contributed by atoms with Crippen LogP contribution in [-0.4, -0.2) is 5.91 Å². The Kier molecular flexibility index (Phi) is 3.03. The second-order valence-corrected chi connectivity index (χ2v) is 3.16. The number of hydrazine groups is 1. The van der Waals surface area contributed by atoms with Gasteiger partial charge < -0.3 is 0 Å². The number of aryl methyl sites for hydroxylation is 2. The third kappa shape index (κ3) is 2.56. The summed E-state index contributed by atoms with van der Waals surface area (Å²) in [4.78, 5) is 10.9. The minimum absolute atomic E-state index is 0.164. The highest BCUT2D eigenvalue weighted by Gasteiger charge is 2.01. The van der Waals surface area contributed by atoms with Crippen LogP contribution in [0.15, 0.2) is 18.2 Å². The van der Waals surface area contributed by atoms with Crippen molar-refractivity contribution in [2.45, 2.75) is 20.3 Å². The van der Waals surface area contributed by atoms with E-state index in [1.54, 1.807) is 0 Å². The summed E-state index contributed by atoms with van der Waals surface area (Å²) in [5.74, 6) is 4.82. The topological polar surface area (TPSA) is 55.1 Å². The molecule has 0 saturated heterocycles. The number of hydrogen-bond acceptors (Lipinski definition) is 2. The number of rotatable bonds is 2. The maximum absolute atomic E-state index is 10.9. The van der Waals surface area contributed by atoms with E-state index in [0.717, 1.165) is 5.56 Å². The zero-order valence-corrected chi connectivity index (χ0v) is 7.92. The van der Waals surface area contributed by atoms with Gasteiger partial charge in [0.1, 0.15) is 0 Å². The van der Waals surface area contributed by atoms with Crippen LogP contribution in [0.3, 0.4) is 0 Å². The Bertz CT molecular complexity index is 321. The molecule has 1 rings (SSSR count). The zero-order chi connectivity index (χ0) is 9.84. The van der Waals surface area contributed by atoms with Crippen LogP contribution in [0.4, 0.5) is 0 Å². The highest BCUT2D eigenvalue weighted by Crippen LogP contribution is 2.09. The Hall–Kier alpha value is -1.35. The van der Waals surface area contributed by atoms with Crippen LogP contribution in [0, 0.1) is 13.8 Å². The van der Waals surface area contributed by atoms with E-state index in [1.165, 1.54) is 11.1 Å². The molecule has 0 aromatic heterocycles. The number of carbonyl (C=O) groups is 1. The lowest BCUT2D eigenvalue weighted by Crippen LogP contribution is -2.31. The maximum atomic E-state index is 10.9. The van der Waals surface area contributed by atoms with Gasteiger partial charge in [0.15, 0.2) is 0 Å². The molecule has 0 spiro atoms. The molecule has 3 N–H and O–H groups in total. The standard InChI is InChI=1S/C10H14N2O/c1-7-3-4-9(5-8(7)2)6-10(13)12-11/h3-5H,6,11H2,1-2H3,(H,12,13). The van der Waals surface area contributed by atoms with Crippen LogP contribution < -0.4 is 11.3 Å². The summed E-state index contributed by atoms with van der Waals surface area (Å²) in [5.41, 5.74) is 5.53. The zero-order valence-electron chi connectivity index (χ0n) is 7.92. The maximum Gasteiger partial charge on any atom is 0.238 e. The van der Waals surface area contributed by atoms with Crippen molar-refractivity contribution >= 4 is 5.91 Å². The van der Waals surface area contributed by atoms with Gasteiger partial charge in [-0.3, -0.25) is 10.2 Å². The predicted octanol–water partition coefficient (Wildman–Crippen LogP) is 0.836. The highest BCUT2D eigenvalue weighted by molar-refractivity contribution is 5.77. The van der Waals surface area contributed by atoms with E-state index in [1.807, 2.05) is 32.0 Å². The van der Waals surface area contributed by atoms with Crippen molar-refractivity contribution in [2.75, 3.05) is 0 Å². The fourth-order valence-electron chi connectivity index (χ4n) is 1.15. The van der Waals surface area contributed by atoms with Gasteiger partial charge in [0.25, 0.3) is 0 Å². The van der Waals surface area contributed by atoms with Gasteiger partial charge in [-0.05, 0) is 30.5 Å². The Balaban J connectivity index is 2.79. The van der Waals surface area contributed by atoms with Crippen molar-refractivity contribution in [1.82, 2.24) is 5.43 Å². The monoisotopic (exact) mass is 178 g/mol. The molecule has 70 valence electrons. The van der Waals surface area contributed by atoms with Crippen molar-refractivity contribution in [1.29, 1.82) is 0 Å². The molecule has 0 aliphatic carbocycles. The Morgan fingerprint density at radius 1 is 1.38 bits per heavy atom. The van der Waals surface area contributed by atoms with Gasteiger partial charge >= 0.3 is 0 Å². The average Bonchev–Trinajstić information content (AvgIpc) is 2.11. The van der Waals surface area contributed by atoms with E-state index < -0.39 is 0 Å². The second-order valence-electron chi connectivity index (χ2n) is 3.16. The third-order valence-electron chi connectivity index (χ3n) is 2.10. The predicted molar refractivity (Wildman–Crippen MR) is 52.0 cm³/mol. The largest absolute Gasteiger partial charge is 0.294 e. The molecule has 0 fully saturated rings. The molecule has 0 radical (unpaired) electrons. The van der Waals surface area contributed by atoms with E-state index in [0.29, 0.717) is 6.42 Å². The molecule has 13 heavy (non-hydrogen) atoms. The number of nitrogens with two attached hydrogens (primary N) is 1. The molecule has 0 aliphatic rings. The van der Waals surface area contributed by atoms with E-state index in [2.05, 4.69) is 5.43 Å². The summed E-state index contributed by atoms with van der Waals surface area (Å²) in [6.07, 6.45) is 0.345. The minimum Gasteiger partial charge on any atom is -0.294 e. The number of nitrogens with one attached hydrogen (secondary N) is 1. The molecule has 3 heteroatoms. The molecule has 0 heterocycles. The number of hydrogen-bond donors (Lipinski definition) is 2. The fourth-order valence-corrected chi connectivity index (χ4v) is 1.15. The third-order valence-corrected chi connectivity index (χ3v) is 2.10. The van der Waals surface area contributed by atoms with E-state index in [4.69, 9.17) is 5.84 Å². The SMILES string of the molecule is Cc1ccc(CC(=O)NN)cc1C. The van der Waals surface area contributed by atoms with Crippen LogP contribution in [0.1, 0.15) is 16.7 Å².